The number of ether oxygens (including phenoxy) is 1. The maximum atomic E-state index is 14.6. The Morgan fingerprint density at radius 3 is 2.51 bits per heavy atom. The fraction of sp³-hybridized carbons (Fsp3) is 0.633. The van der Waals surface area contributed by atoms with Gasteiger partial charge in [-0.05, 0) is 81.8 Å². The second-order valence-corrected chi connectivity index (χ2v) is 13.9. The molecular weight excluding hydrogens is 517 g/mol. The smallest absolute Gasteiger partial charge is 0.335 e. The lowest BCUT2D eigenvalue weighted by atomic mass is 9.72. The minimum Gasteiger partial charge on any atom is -0.478 e. The zero-order chi connectivity index (χ0) is 26.9. The number of carboxylic acid groups (broad SMARTS) is 1. The van der Waals surface area contributed by atoms with Crippen LogP contribution in [0.5, 0.6) is 0 Å². The molecule has 3 aromatic rings. The maximum Gasteiger partial charge on any atom is 0.335 e. The van der Waals surface area contributed by atoms with Crippen LogP contribution in [0.2, 0.25) is 0 Å². The number of hydrogen-bond donors (Lipinski definition) is 1. The van der Waals surface area contributed by atoms with Gasteiger partial charge in [0, 0.05) is 29.5 Å². The van der Waals surface area contributed by atoms with Crippen LogP contribution in [0.1, 0.15) is 117 Å². The van der Waals surface area contributed by atoms with Gasteiger partial charge in [0.1, 0.15) is 11.3 Å². The van der Waals surface area contributed by atoms with Crippen LogP contribution in [0.25, 0.3) is 10.2 Å². The third kappa shape index (κ3) is 4.75. The molecule has 2 bridgehead atoms. The van der Waals surface area contributed by atoms with Gasteiger partial charge >= 0.3 is 5.97 Å². The van der Waals surface area contributed by atoms with Crippen molar-refractivity contribution in [3.63, 3.8) is 0 Å². The van der Waals surface area contributed by atoms with Crippen LogP contribution in [-0.2, 0) is 11.3 Å². The minimum absolute atomic E-state index is 0.0408. The summed E-state index contributed by atoms with van der Waals surface area (Å²) >= 11 is 1.39. The number of carbonyl (C=O) groups is 1. The van der Waals surface area contributed by atoms with E-state index in [1.54, 1.807) is 0 Å². The van der Waals surface area contributed by atoms with Crippen molar-refractivity contribution in [2.45, 2.75) is 115 Å². The highest BCUT2D eigenvalue weighted by atomic mass is 32.1. The number of aromatic nitrogens is 2. The Labute approximate surface area is 231 Å². The Hall–Kier alpha value is -2.52. The molecule has 0 amide bonds. The van der Waals surface area contributed by atoms with Crippen molar-refractivity contribution in [2.75, 3.05) is 4.90 Å². The van der Waals surface area contributed by atoms with E-state index in [1.807, 2.05) is 0 Å². The molecule has 4 aliphatic rings. The predicted octanol–water partition coefficient (Wildman–Crippen LogP) is 7.40. The van der Waals surface area contributed by atoms with E-state index in [2.05, 4.69) is 28.9 Å². The van der Waals surface area contributed by atoms with E-state index in [0.29, 0.717) is 40.6 Å². The first-order valence-corrected chi connectivity index (χ1v) is 15.3. The molecule has 2 atom stereocenters. The topological polar surface area (TPSA) is 88.7 Å². The third-order valence-corrected chi connectivity index (χ3v) is 10.6. The molecule has 7 nitrogen and oxygen atoms in total. The van der Waals surface area contributed by atoms with Gasteiger partial charge in [-0.3, -0.25) is 0 Å². The fourth-order valence-corrected chi connectivity index (χ4v) is 8.29. The first-order chi connectivity index (χ1) is 18.8. The zero-order valence-electron chi connectivity index (χ0n) is 22.6. The second-order valence-electron chi connectivity index (χ2n) is 12.9. The van der Waals surface area contributed by atoms with Crippen molar-refractivity contribution >= 4 is 32.7 Å². The summed E-state index contributed by atoms with van der Waals surface area (Å²) in [5, 5.41) is 14.7. The number of nitrogens with zero attached hydrogens (tertiary/aromatic N) is 3. The van der Waals surface area contributed by atoms with Crippen LogP contribution >= 0.6 is 11.3 Å². The van der Waals surface area contributed by atoms with Gasteiger partial charge in [-0.25, -0.2) is 14.2 Å². The molecule has 1 N–H and O–H groups in total. The second kappa shape index (κ2) is 9.54. The Bertz CT molecular complexity index is 1390. The van der Waals surface area contributed by atoms with Gasteiger partial charge in [0.15, 0.2) is 10.9 Å². The van der Waals surface area contributed by atoms with E-state index >= 15 is 0 Å². The molecule has 4 heterocycles. The molecular formula is C30H36FN3O4S. The summed E-state index contributed by atoms with van der Waals surface area (Å²) in [6.07, 6.45) is 11.2. The van der Waals surface area contributed by atoms with Crippen molar-refractivity contribution in [1.29, 1.82) is 0 Å². The summed E-state index contributed by atoms with van der Waals surface area (Å²) in [6, 6.07) is 3.18. The van der Waals surface area contributed by atoms with Crippen LogP contribution in [0, 0.1) is 11.2 Å². The molecule has 0 radical (unpaired) electrons. The average molecular weight is 554 g/mol. The molecule has 0 spiro atoms. The van der Waals surface area contributed by atoms with E-state index in [1.165, 1.54) is 48.6 Å². The van der Waals surface area contributed by atoms with Crippen LogP contribution in [0.4, 0.5) is 9.52 Å². The van der Waals surface area contributed by atoms with Crippen molar-refractivity contribution in [1.82, 2.24) is 10.1 Å². The van der Waals surface area contributed by atoms with Crippen molar-refractivity contribution in [3.05, 3.63) is 40.5 Å². The number of benzene rings is 1. The standard InChI is InChI=1S/C30H36FN3O4S/c1-30(2)9-7-16(8-10-30)25-22(27(38-33-25)17-3-4-17)15-37-21-13-19-5-6-20(14-21)34(19)29-32-26-23(31)11-18(28(35)36)12-24(26)39-29/h11-12,16-17,19-21H,3-10,13-15H2,1-2H3,(H,35,36)/t19-,20-/m0/s1. The fourth-order valence-electron chi connectivity index (χ4n) is 7.13. The number of hydrogen-bond acceptors (Lipinski definition) is 7. The lowest BCUT2D eigenvalue weighted by Crippen LogP contribution is -2.45. The number of piperidine rings is 1. The van der Waals surface area contributed by atoms with Gasteiger partial charge in [0.2, 0.25) is 0 Å². The van der Waals surface area contributed by atoms with Gasteiger partial charge in [-0.1, -0.05) is 30.3 Å². The Kier molecular flexibility index (Phi) is 6.23. The van der Waals surface area contributed by atoms with Gasteiger partial charge in [0.25, 0.3) is 0 Å². The largest absolute Gasteiger partial charge is 0.478 e. The third-order valence-electron chi connectivity index (χ3n) is 9.58. The molecule has 0 unspecified atom stereocenters. The monoisotopic (exact) mass is 553 g/mol. The molecule has 7 rings (SSSR count). The lowest BCUT2D eigenvalue weighted by Gasteiger charge is -2.38. The lowest BCUT2D eigenvalue weighted by molar-refractivity contribution is 0.0140. The quantitative estimate of drug-likeness (QED) is 0.326. The number of fused-ring (bicyclic) bond motifs is 3. The van der Waals surface area contributed by atoms with Gasteiger partial charge in [-0.2, -0.15) is 0 Å². The number of carboxylic acids is 1. The van der Waals surface area contributed by atoms with Crippen LogP contribution in [-0.4, -0.2) is 39.4 Å². The maximum absolute atomic E-state index is 14.6. The highest BCUT2D eigenvalue weighted by molar-refractivity contribution is 7.22. The Balaban J connectivity index is 1.06. The van der Waals surface area contributed by atoms with E-state index in [-0.39, 0.29) is 17.2 Å². The summed E-state index contributed by atoms with van der Waals surface area (Å²) in [6.45, 7) is 5.30. The first kappa shape index (κ1) is 25.4. The molecule has 9 heteroatoms. The highest BCUT2D eigenvalue weighted by Gasteiger charge is 2.43. The molecule has 2 saturated heterocycles. The first-order valence-electron chi connectivity index (χ1n) is 14.5. The molecule has 1 aromatic carbocycles. The summed E-state index contributed by atoms with van der Waals surface area (Å²) in [7, 11) is 0. The molecule has 2 aromatic heterocycles. The van der Waals surface area contributed by atoms with Crippen molar-refractivity contribution in [2.24, 2.45) is 5.41 Å². The predicted molar refractivity (Wildman–Crippen MR) is 147 cm³/mol. The molecule has 2 aliphatic heterocycles. The summed E-state index contributed by atoms with van der Waals surface area (Å²) in [5.41, 5.74) is 2.99. The van der Waals surface area contributed by atoms with Crippen molar-refractivity contribution in [3.8, 4) is 0 Å². The normalized spacial score (nSPS) is 26.9. The van der Waals surface area contributed by atoms with E-state index in [0.717, 1.165) is 61.2 Å². The number of anilines is 1. The summed E-state index contributed by atoms with van der Waals surface area (Å²) in [4.78, 5) is 18.3. The van der Waals surface area contributed by atoms with E-state index in [4.69, 9.17) is 9.26 Å². The van der Waals surface area contributed by atoms with Crippen LogP contribution in [0.15, 0.2) is 16.7 Å². The van der Waals surface area contributed by atoms with Gasteiger partial charge in [0.05, 0.1) is 28.7 Å². The Morgan fingerprint density at radius 2 is 1.85 bits per heavy atom. The average Bonchev–Trinajstić information content (AvgIpc) is 3.41. The number of thiazole rings is 1. The van der Waals surface area contributed by atoms with E-state index in [9.17, 15) is 14.3 Å². The summed E-state index contributed by atoms with van der Waals surface area (Å²) in [5.74, 6) is 0.329. The van der Waals surface area contributed by atoms with Gasteiger partial charge in [-0.15, -0.1) is 0 Å². The Morgan fingerprint density at radius 1 is 1.13 bits per heavy atom. The zero-order valence-corrected chi connectivity index (χ0v) is 23.4. The van der Waals surface area contributed by atoms with Crippen molar-refractivity contribution < 1.29 is 23.6 Å². The van der Waals surface area contributed by atoms with Crippen LogP contribution in [0.3, 0.4) is 0 Å². The number of rotatable bonds is 7. The molecule has 208 valence electrons. The van der Waals surface area contributed by atoms with Crippen LogP contribution < -0.4 is 4.90 Å². The van der Waals surface area contributed by atoms with E-state index < -0.39 is 11.8 Å². The molecule has 2 saturated carbocycles. The number of halogens is 1. The van der Waals surface area contributed by atoms with Gasteiger partial charge < -0.3 is 19.3 Å². The highest BCUT2D eigenvalue weighted by Crippen LogP contribution is 2.48. The summed E-state index contributed by atoms with van der Waals surface area (Å²) < 4.78 is 27.8. The molecule has 2 aliphatic carbocycles. The molecule has 4 fully saturated rings. The SMILES string of the molecule is CC1(C)CCC(c2noc(C3CC3)c2COC2C[C@@H]3CC[C@@H](C2)N3c2nc3c(F)cc(C(=O)O)cc3s2)CC1. The number of aromatic carboxylic acids is 1. The molecule has 39 heavy (non-hydrogen) atoms. The minimum atomic E-state index is -1.13.